The number of hydrazine groups is 1. The van der Waals surface area contributed by atoms with Gasteiger partial charge in [0.1, 0.15) is 5.69 Å². The minimum Gasteiger partial charge on any atom is -0.381 e. The number of rotatable bonds is 6. The predicted molar refractivity (Wildman–Crippen MR) is 76.8 cm³/mol. The number of nitrogens with two attached hydrogens (primary N) is 1. The Balaban J connectivity index is 1.93. The van der Waals surface area contributed by atoms with E-state index in [1.54, 1.807) is 0 Å². The second-order valence-electron chi connectivity index (χ2n) is 4.91. The van der Waals surface area contributed by atoms with Crippen molar-refractivity contribution in [3.05, 3.63) is 33.9 Å². The SMILES string of the molecule is NNc1cc(C(=O)NCCC2CCOC2)ccc1[N+](=O)[O-]. The van der Waals surface area contributed by atoms with Gasteiger partial charge in [0.05, 0.1) is 4.92 Å². The molecule has 1 aliphatic heterocycles. The Kier molecular flexibility index (Phi) is 5.07. The molecule has 1 aromatic carbocycles. The Bertz CT molecular complexity index is 529. The fourth-order valence-corrected chi connectivity index (χ4v) is 2.25. The van der Waals surface area contributed by atoms with Crippen molar-refractivity contribution in [3.63, 3.8) is 0 Å². The zero-order chi connectivity index (χ0) is 15.2. The minimum absolute atomic E-state index is 0.108. The molecule has 2 rings (SSSR count). The Morgan fingerprint density at radius 3 is 2.95 bits per heavy atom. The van der Waals surface area contributed by atoms with E-state index in [1.807, 2.05) is 0 Å². The zero-order valence-corrected chi connectivity index (χ0v) is 11.5. The largest absolute Gasteiger partial charge is 0.381 e. The quantitative estimate of drug-likeness (QED) is 0.409. The zero-order valence-electron chi connectivity index (χ0n) is 11.5. The van der Waals surface area contributed by atoms with Gasteiger partial charge in [-0.25, -0.2) is 0 Å². The molecule has 1 amide bonds. The summed E-state index contributed by atoms with van der Waals surface area (Å²) in [6.07, 6.45) is 1.88. The number of nitrogens with zero attached hydrogens (tertiary/aromatic N) is 1. The molecule has 4 N–H and O–H groups in total. The third kappa shape index (κ3) is 3.89. The standard InChI is InChI=1S/C13H18N4O4/c14-16-11-7-10(1-2-12(11)17(19)20)13(18)15-5-3-9-4-6-21-8-9/h1-2,7,9,16H,3-6,8,14H2,(H,15,18). The van der Waals surface area contributed by atoms with E-state index in [0.717, 1.165) is 26.1 Å². The molecule has 0 aliphatic carbocycles. The number of anilines is 1. The van der Waals surface area contributed by atoms with E-state index in [-0.39, 0.29) is 17.3 Å². The van der Waals surface area contributed by atoms with Crippen LogP contribution in [0.5, 0.6) is 0 Å². The minimum atomic E-state index is -0.559. The van der Waals surface area contributed by atoms with Gasteiger partial charge in [-0.05, 0) is 30.9 Å². The van der Waals surface area contributed by atoms with Crippen LogP contribution in [-0.2, 0) is 4.74 Å². The number of ether oxygens (including phenoxy) is 1. The smallest absolute Gasteiger partial charge is 0.293 e. The van der Waals surface area contributed by atoms with Crippen LogP contribution in [0.2, 0.25) is 0 Å². The van der Waals surface area contributed by atoms with Crippen molar-refractivity contribution in [1.29, 1.82) is 0 Å². The molecule has 1 aromatic rings. The van der Waals surface area contributed by atoms with Gasteiger partial charge >= 0.3 is 0 Å². The fourth-order valence-electron chi connectivity index (χ4n) is 2.25. The number of nitro benzene ring substituents is 1. The lowest BCUT2D eigenvalue weighted by Gasteiger charge is -2.09. The normalized spacial score (nSPS) is 17.5. The number of hydrogen-bond donors (Lipinski definition) is 3. The van der Waals surface area contributed by atoms with Gasteiger partial charge in [-0.15, -0.1) is 0 Å². The van der Waals surface area contributed by atoms with Crippen molar-refractivity contribution < 1.29 is 14.5 Å². The summed E-state index contributed by atoms with van der Waals surface area (Å²) in [5.41, 5.74) is 2.50. The average Bonchev–Trinajstić information content (AvgIpc) is 2.99. The molecule has 0 aromatic heterocycles. The highest BCUT2D eigenvalue weighted by molar-refractivity contribution is 5.95. The second-order valence-corrected chi connectivity index (χ2v) is 4.91. The molecule has 0 radical (unpaired) electrons. The lowest BCUT2D eigenvalue weighted by Crippen LogP contribution is -2.26. The number of amides is 1. The van der Waals surface area contributed by atoms with Gasteiger partial charge in [-0.3, -0.25) is 20.8 Å². The number of carbonyl (C=O) groups is 1. The number of nitrogens with one attached hydrogen (secondary N) is 2. The van der Waals surface area contributed by atoms with Crippen molar-refractivity contribution in [2.75, 3.05) is 25.2 Å². The molecule has 0 bridgehead atoms. The molecule has 0 saturated carbocycles. The lowest BCUT2D eigenvalue weighted by molar-refractivity contribution is -0.384. The first-order valence-corrected chi connectivity index (χ1v) is 6.73. The van der Waals surface area contributed by atoms with Crippen LogP contribution in [0.3, 0.4) is 0 Å². The fraction of sp³-hybridized carbons (Fsp3) is 0.462. The van der Waals surface area contributed by atoms with Crippen molar-refractivity contribution in [3.8, 4) is 0 Å². The van der Waals surface area contributed by atoms with Gasteiger partial charge < -0.3 is 15.5 Å². The number of hydrogen-bond acceptors (Lipinski definition) is 6. The summed E-state index contributed by atoms with van der Waals surface area (Å²) in [4.78, 5) is 22.2. The summed E-state index contributed by atoms with van der Waals surface area (Å²) < 4.78 is 5.27. The molecule has 8 nitrogen and oxygen atoms in total. The first-order chi connectivity index (χ1) is 10.1. The van der Waals surface area contributed by atoms with Gasteiger partial charge in [0.25, 0.3) is 11.6 Å². The summed E-state index contributed by atoms with van der Waals surface area (Å²) in [6, 6.07) is 4.04. The van der Waals surface area contributed by atoms with E-state index in [9.17, 15) is 14.9 Å². The van der Waals surface area contributed by atoms with E-state index in [1.165, 1.54) is 18.2 Å². The van der Waals surface area contributed by atoms with E-state index in [4.69, 9.17) is 10.6 Å². The van der Waals surface area contributed by atoms with Crippen molar-refractivity contribution >= 4 is 17.3 Å². The molecule has 1 heterocycles. The van der Waals surface area contributed by atoms with Crippen LogP contribution in [0.25, 0.3) is 0 Å². The topological polar surface area (TPSA) is 120 Å². The summed E-state index contributed by atoms with van der Waals surface area (Å²) in [5.74, 6) is 5.45. The highest BCUT2D eigenvalue weighted by Crippen LogP contribution is 2.24. The Morgan fingerprint density at radius 1 is 1.52 bits per heavy atom. The summed E-state index contributed by atoms with van der Waals surface area (Å²) in [6.45, 7) is 2.08. The number of benzene rings is 1. The number of carbonyl (C=O) groups excluding carboxylic acids is 1. The maximum absolute atomic E-state index is 12.0. The second kappa shape index (κ2) is 7.00. The molecule has 0 spiro atoms. The summed E-state index contributed by atoms with van der Waals surface area (Å²) >= 11 is 0. The molecule has 1 fully saturated rings. The van der Waals surface area contributed by atoms with Crippen LogP contribution in [0.1, 0.15) is 23.2 Å². The van der Waals surface area contributed by atoms with Crippen LogP contribution in [-0.4, -0.2) is 30.6 Å². The van der Waals surface area contributed by atoms with Crippen LogP contribution < -0.4 is 16.6 Å². The molecule has 1 saturated heterocycles. The molecular weight excluding hydrogens is 276 g/mol. The maximum atomic E-state index is 12.0. The molecule has 21 heavy (non-hydrogen) atoms. The van der Waals surface area contributed by atoms with Gasteiger partial charge in [0.15, 0.2) is 0 Å². The third-order valence-corrected chi connectivity index (χ3v) is 3.47. The van der Waals surface area contributed by atoms with E-state index >= 15 is 0 Å². The van der Waals surface area contributed by atoms with Gasteiger partial charge in [0.2, 0.25) is 0 Å². The average molecular weight is 294 g/mol. The monoisotopic (exact) mass is 294 g/mol. The van der Waals surface area contributed by atoms with Gasteiger partial charge in [-0.2, -0.15) is 0 Å². The molecule has 1 unspecified atom stereocenters. The van der Waals surface area contributed by atoms with Crippen molar-refractivity contribution in [2.24, 2.45) is 11.8 Å². The van der Waals surface area contributed by atoms with Crippen LogP contribution in [0.4, 0.5) is 11.4 Å². The Hall–Kier alpha value is -2.19. The van der Waals surface area contributed by atoms with Crippen LogP contribution in [0, 0.1) is 16.0 Å². The highest BCUT2D eigenvalue weighted by atomic mass is 16.6. The summed E-state index contributed by atoms with van der Waals surface area (Å²) in [7, 11) is 0. The van der Waals surface area contributed by atoms with Crippen molar-refractivity contribution in [1.82, 2.24) is 5.32 Å². The first kappa shape index (κ1) is 15.2. The predicted octanol–water partition coefficient (Wildman–Crippen LogP) is 1.04. The Labute approximate surface area is 121 Å². The van der Waals surface area contributed by atoms with E-state index < -0.39 is 4.92 Å². The van der Waals surface area contributed by atoms with E-state index in [2.05, 4.69) is 10.7 Å². The van der Waals surface area contributed by atoms with Gasteiger partial charge in [-0.1, -0.05) is 0 Å². The number of nitrogen functional groups attached to an aromatic ring is 1. The molecule has 1 aliphatic rings. The molecular formula is C13H18N4O4. The van der Waals surface area contributed by atoms with Gasteiger partial charge in [0, 0.05) is 31.4 Å². The summed E-state index contributed by atoms with van der Waals surface area (Å²) in [5, 5.41) is 13.6. The molecule has 8 heteroatoms. The van der Waals surface area contributed by atoms with Crippen LogP contribution >= 0.6 is 0 Å². The molecule has 1 atom stereocenters. The van der Waals surface area contributed by atoms with Crippen LogP contribution in [0.15, 0.2) is 18.2 Å². The highest BCUT2D eigenvalue weighted by Gasteiger charge is 2.18. The number of nitro groups is 1. The molecule has 114 valence electrons. The maximum Gasteiger partial charge on any atom is 0.293 e. The lowest BCUT2D eigenvalue weighted by atomic mass is 10.1. The Morgan fingerprint density at radius 2 is 2.33 bits per heavy atom. The van der Waals surface area contributed by atoms with E-state index in [0.29, 0.717) is 18.0 Å². The third-order valence-electron chi connectivity index (χ3n) is 3.47. The van der Waals surface area contributed by atoms with Crippen molar-refractivity contribution in [2.45, 2.75) is 12.8 Å². The first-order valence-electron chi connectivity index (χ1n) is 6.73.